The van der Waals surface area contributed by atoms with Gasteiger partial charge in [-0.15, -0.1) is 0 Å². The van der Waals surface area contributed by atoms with E-state index in [9.17, 15) is 12.8 Å². The molecule has 0 fully saturated rings. The van der Waals surface area contributed by atoms with Gasteiger partial charge >= 0.3 is 0 Å². The van der Waals surface area contributed by atoms with Crippen molar-refractivity contribution in [2.45, 2.75) is 19.1 Å². The van der Waals surface area contributed by atoms with Gasteiger partial charge in [0.1, 0.15) is 0 Å². The van der Waals surface area contributed by atoms with E-state index in [-0.39, 0.29) is 0 Å². The van der Waals surface area contributed by atoms with Gasteiger partial charge in [-0.05, 0) is 6.92 Å². The second-order valence-electron chi connectivity index (χ2n) is 2.35. The van der Waals surface area contributed by atoms with Crippen molar-refractivity contribution in [1.82, 2.24) is 0 Å². The minimum atomic E-state index is -4.05. The molecule has 0 aliphatic heterocycles. The molecule has 0 heterocycles. The van der Waals surface area contributed by atoms with Crippen molar-refractivity contribution in [3.8, 4) is 0 Å². The molecular formula is C5H11FO3S. The first-order valence-electron chi connectivity index (χ1n) is 2.92. The van der Waals surface area contributed by atoms with Crippen LogP contribution in [-0.4, -0.2) is 24.9 Å². The maximum atomic E-state index is 11.8. The van der Waals surface area contributed by atoms with Crippen molar-refractivity contribution in [2.75, 3.05) is 6.67 Å². The predicted molar refractivity (Wildman–Crippen MR) is 36.1 cm³/mol. The van der Waals surface area contributed by atoms with Crippen LogP contribution in [0.15, 0.2) is 0 Å². The monoisotopic (exact) mass is 170 g/mol. The maximum Gasteiger partial charge on any atom is 0.267 e. The van der Waals surface area contributed by atoms with Gasteiger partial charge in [0.2, 0.25) is 0 Å². The molecule has 2 unspecified atom stereocenters. The van der Waals surface area contributed by atoms with Crippen LogP contribution < -0.4 is 0 Å². The summed E-state index contributed by atoms with van der Waals surface area (Å²) in [5, 5.41) is -1.02. The lowest BCUT2D eigenvalue weighted by Crippen LogP contribution is -2.25. The van der Waals surface area contributed by atoms with Crippen LogP contribution in [0, 0.1) is 5.92 Å². The van der Waals surface area contributed by atoms with Crippen LogP contribution in [0.25, 0.3) is 0 Å². The molecule has 10 heavy (non-hydrogen) atoms. The Morgan fingerprint density at radius 2 is 1.90 bits per heavy atom. The molecule has 0 aromatic heterocycles. The van der Waals surface area contributed by atoms with Crippen molar-refractivity contribution < 1.29 is 17.4 Å². The molecule has 5 heteroatoms. The highest BCUT2D eigenvalue weighted by Gasteiger charge is 2.23. The normalized spacial score (nSPS) is 18.4. The summed E-state index contributed by atoms with van der Waals surface area (Å²) in [6.07, 6.45) is 0. The molecule has 0 aromatic rings. The van der Waals surface area contributed by atoms with E-state index < -0.39 is 28.0 Å². The smallest absolute Gasteiger partial charge is 0.267 e. The van der Waals surface area contributed by atoms with E-state index in [0.717, 1.165) is 0 Å². The molecule has 0 spiro atoms. The van der Waals surface area contributed by atoms with Gasteiger partial charge in [-0.3, -0.25) is 8.94 Å². The molecule has 0 saturated heterocycles. The van der Waals surface area contributed by atoms with Crippen molar-refractivity contribution in [2.24, 2.45) is 5.92 Å². The van der Waals surface area contributed by atoms with E-state index in [2.05, 4.69) is 0 Å². The zero-order chi connectivity index (χ0) is 8.36. The Kier molecular flexibility index (Phi) is 3.24. The van der Waals surface area contributed by atoms with Gasteiger partial charge in [0, 0.05) is 5.92 Å². The average Bonchev–Trinajstić information content (AvgIpc) is 1.83. The van der Waals surface area contributed by atoms with Gasteiger partial charge in [0.05, 0.1) is 11.9 Å². The Morgan fingerprint density at radius 3 is 2.00 bits per heavy atom. The fraction of sp³-hybridized carbons (Fsp3) is 1.00. The van der Waals surface area contributed by atoms with E-state index >= 15 is 0 Å². The van der Waals surface area contributed by atoms with E-state index in [1.807, 2.05) is 0 Å². The third-order valence-electron chi connectivity index (χ3n) is 1.51. The van der Waals surface area contributed by atoms with E-state index in [0.29, 0.717) is 0 Å². The summed E-state index contributed by atoms with van der Waals surface area (Å²) in [5.74, 6) is -0.644. The van der Waals surface area contributed by atoms with E-state index in [1.165, 1.54) is 13.8 Å². The number of hydrogen-bond donors (Lipinski definition) is 1. The zero-order valence-electron chi connectivity index (χ0n) is 5.91. The second-order valence-corrected chi connectivity index (χ2v) is 4.13. The highest BCUT2D eigenvalue weighted by molar-refractivity contribution is 7.86. The summed E-state index contributed by atoms with van der Waals surface area (Å²) < 4.78 is 40.8. The number of halogens is 1. The highest BCUT2D eigenvalue weighted by Crippen LogP contribution is 2.10. The Hall–Kier alpha value is -0.160. The van der Waals surface area contributed by atoms with Crippen molar-refractivity contribution in [3.63, 3.8) is 0 Å². The van der Waals surface area contributed by atoms with Crippen LogP contribution in [0.5, 0.6) is 0 Å². The maximum absolute atomic E-state index is 11.8. The zero-order valence-corrected chi connectivity index (χ0v) is 6.73. The fourth-order valence-electron chi connectivity index (χ4n) is 0.419. The number of hydrogen-bond acceptors (Lipinski definition) is 2. The summed E-state index contributed by atoms with van der Waals surface area (Å²) in [6.45, 7) is 1.97. The lowest BCUT2D eigenvalue weighted by Gasteiger charge is -2.12. The van der Waals surface area contributed by atoms with Gasteiger partial charge in [0.25, 0.3) is 10.1 Å². The Morgan fingerprint density at radius 1 is 1.50 bits per heavy atom. The standard InChI is InChI=1S/C5H11FO3S/c1-4(3-6)5(2)10(7,8)9/h4-5H,3H2,1-2H3,(H,7,8,9). The van der Waals surface area contributed by atoms with Crippen LogP contribution in [-0.2, 0) is 10.1 Å². The molecule has 1 N–H and O–H groups in total. The summed E-state index contributed by atoms with van der Waals surface area (Å²) in [5.41, 5.74) is 0. The Bertz CT molecular complexity index is 187. The summed E-state index contributed by atoms with van der Waals surface area (Å²) in [7, 11) is -4.05. The first-order valence-corrected chi connectivity index (χ1v) is 4.42. The van der Waals surface area contributed by atoms with E-state index in [1.54, 1.807) is 0 Å². The molecule has 0 radical (unpaired) electrons. The lowest BCUT2D eigenvalue weighted by atomic mass is 10.1. The molecule has 0 saturated carbocycles. The minimum absolute atomic E-state index is 0.644. The van der Waals surface area contributed by atoms with Gasteiger partial charge in [-0.2, -0.15) is 8.42 Å². The molecule has 0 rings (SSSR count). The molecule has 0 aliphatic carbocycles. The highest BCUT2D eigenvalue weighted by atomic mass is 32.2. The van der Waals surface area contributed by atoms with Crippen LogP contribution >= 0.6 is 0 Å². The SMILES string of the molecule is CC(CF)C(C)S(=O)(=O)O. The van der Waals surface area contributed by atoms with Crippen LogP contribution in [0.3, 0.4) is 0 Å². The fourth-order valence-corrected chi connectivity index (χ4v) is 1.08. The Balaban J connectivity index is 4.23. The van der Waals surface area contributed by atoms with Crippen molar-refractivity contribution in [1.29, 1.82) is 0 Å². The molecule has 3 nitrogen and oxygen atoms in total. The quantitative estimate of drug-likeness (QED) is 0.639. The predicted octanol–water partition coefficient (Wildman–Crippen LogP) is 0.868. The average molecular weight is 170 g/mol. The van der Waals surface area contributed by atoms with E-state index in [4.69, 9.17) is 4.55 Å². The van der Waals surface area contributed by atoms with Gasteiger partial charge in [-0.1, -0.05) is 6.92 Å². The molecule has 62 valence electrons. The largest absolute Gasteiger partial charge is 0.285 e. The summed E-state index contributed by atoms with van der Waals surface area (Å²) in [6, 6.07) is 0. The first kappa shape index (κ1) is 9.84. The Labute approximate surface area is 60.0 Å². The van der Waals surface area contributed by atoms with Gasteiger partial charge < -0.3 is 0 Å². The third-order valence-corrected chi connectivity index (χ3v) is 2.92. The molecule has 0 amide bonds. The molecule has 0 aromatic carbocycles. The minimum Gasteiger partial charge on any atom is -0.285 e. The van der Waals surface area contributed by atoms with Crippen LogP contribution in [0.1, 0.15) is 13.8 Å². The van der Waals surface area contributed by atoms with Crippen molar-refractivity contribution >= 4 is 10.1 Å². The lowest BCUT2D eigenvalue weighted by molar-refractivity contribution is 0.359. The summed E-state index contributed by atoms with van der Waals surface area (Å²) >= 11 is 0. The van der Waals surface area contributed by atoms with Crippen LogP contribution in [0.2, 0.25) is 0 Å². The second kappa shape index (κ2) is 3.30. The van der Waals surface area contributed by atoms with Gasteiger partial charge in [0.15, 0.2) is 0 Å². The molecule has 0 bridgehead atoms. The van der Waals surface area contributed by atoms with Crippen LogP contribution in [0.4, 0.5) is 4.39 Å². The topological polar surface area (TPSA) is 54.4 Å². The molecular weight excluding hydrogens is 159 g/mol. The van der Waals surface area contributed by atoms with Crippen molar-refractivity contribution in [3.05, 3.63) is 0 Å². The number of alkyl halides is 1. The number of rotatable bonds is 3. The third kappa shape index (κ3) is 2.62. The first-order chi connectivity index (χ1) is 4.39. The summed E-state index contributed by atoms with van der Waals surface area (Å²) in [4.78, 5) is 0. The van der Waals surface area contributed by atoms with Gasteiger partial charge in [-0.25, -0.2) is 0 Å². The molecule has 0 aliphatic rings. The molecule has 2 atom stereocenters.